The summed E-state index contributed by atoms with van der Waals surface area (Å²) in [7, 11) is 0. The maximum absolute atomic E-state index is 11.6. The van der Waals surface area contributed by atoms with Crippen molar-refractivity contribution in [2.45, 2.75) is 26.8 Å². The zero-order chi connectivity index (χ0) is 13.4. The fourth-order valence-electron chi connectivity index (χ4n) is 1.94. The van der Waals surface area contributed by atoms with Crippen LogP contribution >= 0.6 is 0 Å². The van der Waals surface area contributed by atoms with Gasteiger partial charge >= 0.3 is 0 Å². The highest BCUT2D eigenvalue weighted by Gasteiger charge is 2.09. The quantitative estimate of drug-likeness (QED) is 0.722. The number of hydrogen-bond donors (Lipinski definition) is 2. The number of benzene rings is 1. The molecule has 0 aliphatic rings. The molecule has 0 aliphatic heterocycles. The zero-order valence-electron chi connectivity index (χ0n) is 11.3. The number of likely N-dealkylation sites (N-methyl/N-ethyl adjacent to an activating group) is 1. The lowest BCUT2D eigenvalue weighted by Crippen LogP contribution is -2.37. The highest BCUT2D eigenvalue weighted by Crippen LogP contribution is 2.09. The van der Waals surface area contributed by atoms with Gasteiger partial charge in [-0.15, -0.1) is 0 Å². The van der Waals surface area contributed by atoms with E-state index in [1.54, 1.807) is 0 Å². The fraction of sp³-hybridized carbons (Fsp3) is 0.500. The number of nitrogen functional groups attached to an aromatic ring is 1. The molecule has 100 valence electrons. The van der Waals surface area contributed by atoms with Crippen LogP contribution in [0.15, 0.2) is 24.3 Å². The van der Waals surface area contributed by atoms with E-state index >= 15 is 0 Å². The number of amides is 1. The predicted molar refractivity (Wildman–Crippen MR) is 75.1 cm³/mol. The van der Waals surface area contributed by atoms with Crippen LogP contribution in [0.3, 0.4) is 0 Å². The van der Waals surface area contributed by atoms with Crippen molar-refractivity contribution >= 4 is 11.6 Å². The van der Waals surface area contributed by atoms with Gasteiger partial charge in [-0.2, -0.15) is 0 Å². The molecule has 4 heteroatoms. The Morgan fingerprint density at radius 2 is 2.17 bits per heavy atom. The number of anilines is 1. The average molecular weight is 249 g/mol. The van der Waals surface area contributed by atoms with E-state index in [2.05, 4.69) is 17.1 Å². The molecule has 0 aromatic heterocycles. The van der Waals surface area contributed by atoms with E-state index in [1.807, 2.05) is 31.2 Å². The number of carbonyl (C=O) groups excluding carboxylic acids is 1. The van der Waals surface area contributed by atoms with Crippen molar-refractivity contribution in [3.63, 3.8) is 0 Å². The van der Waals surface area contributed by atoms with Crippen molar-refractivity contribution in [2.75, 3.05) is 25.4 Å². The Morgan fingerprint density at radius 1 is 1.39 bits per heavy atom. The molecule has 1 aromatic rings. The lowest BCUT2D eigenvalue weighted by atomic mass is 10.2. The van der Waals surface area contributed by atoms with Crippen LogP contribution in [0.5, 0.6) is 0 Å². The molecule has 1 amide bonds. The Balaban J connectivity index is 2.59. The van der Waals surface area contributed by atoms with Crippen LogP contribution in [0, 0.1) is 0 Å². The van der Waals surface area contributed by atoms with E-state index in [-0.39, 0.29) is 5.91 Å². The molecule has 4 nitrogen and oxygen atoms in total. The van der Waals surface area contributed by atoms with E-state index in [0.29, 0.717) is 13.1 Å². The molecule has 0 radical (unpaired) electrons. The van der Waals surface area contributed by atoms with Gasteiger partial charge in [0.2, 0.25) is 5.91 Å². The van der Waals surface area contributed by atoms with Crippen molar-refractivity contribution in [3.05, 3.63) is 29.8 Å². The molecular weight excluding hydrogens is 226 g/mol. The molecule has 0 aliphatic carbocycles. The third-order valence-electron chi connectivity index (χ3n) is 2.64. The molecule has 0 fully saturated rings. The SMILES string of the molecule is CCCN(CC(=O)NCC)Cc1cccc(N)c1. The summed E-state index contributed by atoms with van der Waals surface area (Å²) in [5.41, 5.74) is 7.67. The molecule has 3 N–H and O–H groups in total. The van der Waals surface area contributed by atoms with Gasteiger partial charge in [0.05, 0.1) is 6.54 Å². The number of hydrogen-bond acceptors (Lipinski definition) is 3. The van der Waals surface area contributed by atoms with E-state index in [1.165, 1.54) is 0 Å². The molecule has 1 aromatic carbocycles. The maximum atomic E-state index is 11.6. The van der Waals surface area contributed by atoms with Gasteiger partial charge in [0.1, 0.15) is 0 Å². The Labute approximate surface area is 109 Å². The predicted octanol–water partition coefficient (Wildman–Crippen LogP) is 1.62. The second kappa shape index (κ2) is 7.71. The van der Waals surface area contributed by atoms with Crippen molar-refractivity contribution in [3.8, 4) is 0 Å². The molecule has 0 unspecified atom stereocenters. The topological polar surface area (TPSA) is 58.4 Å². The van der Waals surface area contributed by atoms with Gasteiger partial charge in [-0.05, 0) is 37.6 Å². The third kappa shape index (κ3) is 5.19. The summed E-state index contributed by atoms with van der Waals surface area (Å²) in [5.74, 6) is 0.0786. The van der Waals surface area contributed by atoms with Crippen LogP contribution in [0.1, 0.15) is 25.8 Å². The minimum atomic E-state index is 0.0786. The second-order valence-electron chi connectivity index (χ2n) is 4.41. The summed E-state index contributed by atoms with van der Waals surface area (Å²) in [5, 5.41) is 2.83. The first-order valence-electron chi connectivity index (χ1n) is 6.49. The summed E-state index contributed by atoms with van der Waals surface area (Å²) < 4.78 is 0. The first-order valence-corrected chi connectivity index (χ1v) is 6.49. The van der Waals surface area contributed by atoms with Crippen molar-refractivity contribution in [1.29, 1.82) is 0 Å². The summed E-state index contributed by atoms with van der Waals surface area (Å²) >= 11 is 0. The van der Waals surface area contributed by atoms with E-state index < -0.39 is 0 Å². The minimum Gasteiger partial charge on any atom is -0.399 e. The number of nitrogens with zero attached hydrogens (tertiary/aromatic N) is 1. The van der Waals surface area contributed by atoms with Crippen LogP contribution in [-0.4, -0.2) is 30.4 Å². The van der Waals surface area contributed by atoms with Gasteiger partial charge in [0.15, 0.2) is 0 Å². The summed E-state index contributed by atoms with van der Waals surface area (Å²) in [6.45, 7) is 6.83. The lowest BCUT2D eigenvalue weighted by Gasteiger charge is -2.21. The van der Waals surface area contributed by atoms with E-state index in [0.717, 1.165) is 30.8 Å². The largest absolute Gasteiger partial charge is 0.399 e. The first kappa shape index (κ1) is 14.5. The van der Waals surface area contributed by atoms with Gasteiger partial charge in [-0.1, -0.05) is 19.1 Å². The van der Waals surface area contributed by atoms with Crippen LogP contribution in [0.2, 0.25) is 0 Å². The van der Waals surface area contributed by atoms with Crippen LogP contribution < -0.4 is 11.1 Å². The van der Waals surface area contributed by atoms with Crippen LogP contribution in [0.25, 0.3) is 0 Å². The smallest absolute Gasteiger partial charge is 0.234 e. The fourth-order valence-corrected chi connectivity index (χ4v) is 1.94. The molecular formula is C14H23N3O. The molecule has 0 atom stereocenters. The zero-order valence-corrected chi connectivity index (χ0v) is 11.3. The minimum absolute atomic E-state index is 0.0786. The molecule has 1 rings (SSSR count). The van der Waals surface area contributed by atoms with Crippen molar-refractivity contribution in [2.24, 2.45) is 0 Å². The van der Waals surface area contributed by atoms with Crippen molar-refractivity contribution < 1.29 is 4.79 Å². The van der Waals surface area contributed by atoms with E-state index in [4.69, 9.17) is 5.73 Å². The van der Waals surface area contributed by atoms with Crippen molar-refractivity contribution in [1.82, 2.24) is 10.2 Å². The highest BCUT2D eigenvalue weighted by atomic mass is 16.2. The van der Waals surface area contributed by atoms with Gasteiger partial charge < -0.3 is 11.1 Å². The highest BCUT2D eigenvalue weighted by molar-refractivity contribution is 5.77. The Hall–Kier alpha value is -1.55. The van der Waals surface area contributed by atoms with Gasteiger partial charge in [0.25, 0.3) is 0 Å². The van der Waals surface area contributed by atoms with Crippen LogP contribution in [0.4, 0.5) is 5.69 Å². The molecule has 0 spiro atoms. The monoisotopic (exact) mass is 249 g/mol. The number of nitrogens with two attached hydrogens (primary N) is 1. The summed E-state index contributed by atoms with van der Waals surface area (Å²) in [4.78, 5) is 13.7. The second-order valence-corrected chi connectivity index (χ2v) is 4.41. The summed E-state index contributed by atoms with van der Waals surface area (Å²) in [6.07, 6.45) is 1.03. The number of nitrogens with one attached hydrogen (secondary N) is 1. The Morgan fingerprint density at radius 3 is 2.78 bits per heavy atom. The number of rotatable bonds is 7. The third-order valence-corrected chi connectivity index (χ3v) is 2.64. The molecule has 0 saturated carbocycles. The first-order chi connectivity index (χ1) is 8.65. The van der Waals surface area contributed by atoms with Gasteiger partial charge in [0, 0.05) is 18.8 Å². The Bertz CT molecular complexity index is 379. The Kier molecular flexibility index (Phi) is 6.22. The maximum Gasteiger partial charge on any atom is 0.234 e. The standard InChI is InChI=1S/C14H23N3O/c1-3-8-17(11-14(18)16-4-2)10-12-6-5-7-13(15)9-12/h5-7,9H,3-4,8,10-11,15H2,1-2H3,(H,16,18). The van der Waals surface area contributed by atoms with Crippen LogP contribution in [-0.2, 0) is 11.3 Å². The molecule has 0 heterocycles. The lowest BCUT2D eigenvalue weighted by molar-refractivity contribution is -0.122. The van der Waals surface area contributed by atoms with Gasteiger partial charge in [-0.25, -0.2) is 0 Å². The normalized spacial score (nSPS) is 10.6. The molecule has 18 heavy (non-hydrogen) atoms. The van der Waals surface area contributed by atoms with Gasteiger partial charge in [-0.3, -0.25) is 9.69 Å². The molecule has 0 bridgehead atoms. The van der Waals surface area contributed by atoms with E-state index in [9.17, 15) is 4.79 Å². The summed E-state index contributed by atoms with van der Waals surface area (Å²) in [6, 6.07) is 7.81. The molecule has 0 saturated heterocycles. The number of carbonyl (C=O) groups is 1. The average Bonchev–Trinajstić information content (AvgIpc) is 2.29.